The van der Waals surface area contributed by atoms with E-state index in [1.54, 1.807) is 30.3 Å². The van der Waals surface area contributed by atoms with Crippen LogP contribution in [-0.2, 0) is 29.8 Å². The van der Waals surface area contributed by atoms with Gasteiger partial charge >= 0.3 is 0 Å². The smallest absolute Gasteiger partial charge is 0.295 e. The van der Waals surface area contributed by atoms with Crippen molar-refractivity contribution in [3.63, 3.8) is 0 Å². The van der Waals surface area contributed by atoms with Gasteiger partial charge in [0.25, 0.3) is 32.1 Å². The molecule has 0 aliphatic heterocycles. The van der Waals surface area contributed by atoms with Crippen LogP contribution in [0.15, 0.2) is 95.7 Å². The highest BCUT2D eigenvalue weighted by atomic mass is 79.9. The number of phenolic OH excluding ortho intramolecular Hbond substituents is 2. The fraction of sp³-hybridized carbons (Fsp3) is 0.0370. The summed E-state index contributed by atoms with van der Waals surface area (Å²) >= 11 is 6.15. The highest BCUT2D eigenvalue weighted by Crippen LogP contribution is 2.40. The van der Waals surface area contributed by atoms with E-state index in [9.17, 15) is 45.7 Å². The average molecular weight is 799 g/mol. The minimum Gasteiger partial charge on any atom is -0.506 e. The Balaban J connectivity index is 1.63. The Morgan fingerprint density at radius 3 is 2.00 bits per heavy atom. The molecule has 0 heterocycles. The summed E-state index contributed by atoms with van der Waals surface area (Å²) in [6, 6.07) is 14.1. The van der Waals surface area contributed by atoms with Crippen molar-refractivity contribution >= 4 is 92.8 Å². The number of carbonyl (C=O) groups excluding carboxylic acids is 2. The first-order valence-corrected chi connectivity index (χ1v) is 16.9. The van der Waals surface area contributed by atoms with Crippen molar-refractivity contribution in [1.82, 2.24) is 10.9 Å². The summed E-state index contributed by atoms with van der Waals surface area (Å²) in [4.78, 5) is 24.7. The number of hydrazone groups is 2. The zero-order valence-corrected chi connectivity index (χ0v) is 27.6. The number of hydrogen-bond donors (Lipinski definition) is 7. The molecule has 7 N–H and O–H groups in total. The maximum atomic E-state index is 13.2. The van der Waals surface area contributed by atoms with Gasteiger partial charge < -0.3 is 15.5 Å². The first-order chi connectivity index (χ1) is 21.6. The van der Waals surface area contributed by atoms with Crippen molar-refractivity contribution in [2.75, 3.05) is 5.32 Å². The van der Waals surface area contributed by atoms with Gasteiger partial charge in [-0.1, -0.05) is 42.5 Å². The zero-order chi connectivity index (χ0) is 33.8. The van der Waals surface area contributed by atoms with Crippen molar-refractivity contribution in [3.8, 4) is 11.5 Å². The van der Waals surface area contributed by atoms with Gasteiger partial charge in [-0.25, -0.2) is 10.9 Å². The van der Waals surface area contributed by atoms with Crippen LogP contribution >= 0.6 is 31.9 Å². The van der Waals surface area contributed by atoms with Gasteiger partial charge in [-0.3, -0.25) is 18.7 Å². The molecule has 46 heavy (non-hydrogen) atoms. The lowest BCUT2D eigenvalue weighted by Crippen LogP contribution is -2.47. The summed E-state index contributed by atoms with van der Waals surface area (Å²) < 4.78 is 65.4. The molecule has 0 fully saturated rings. The molecule has 0 bridgehead atoms. The SMILES string of the molecule is O=C(N/N=C/c1ccc(S(=O)(=O)O)cc1S(=O)(=O)O)C(Nc1cccc2ccccc12)C(=O)N/N=C/c1cc(Br)c(O)c(Br)c1O. The largest absolute Gasteiger partial charge is 0.506 e. The third-order valence-corrected chi connectivity index (χ3v) is 9.24. The molecule has 4 aromatic rings. The molecule has 4 rings (SSSR count). The Morgan fingerprint density at radius 1 is 0.761 bits per heavy atom. The number of fused-ring (bicyclic) bond motifs is 1. The highest BCUT2D eigenvalue weighted by Gasteiger charge is 2.27. The number of nitrogens with one attached hydrogen (secondary N) is 3. The molecule has 0 aromatic heterocycles. The van der Waals surface area contributed by atoms with Crippen LogP contribution in [0.3, 0.4) is 0 Å². The van der Waals surface area contributed by atoms with E-state index in [1.165, 1.54) is 6.07 Å². The van der Waals surface area contributed by atoms with Crippen molar-refractivity contribution in [1.29, 1.82) is 0 Å². The predicted octanol–water partition coefficient (Wildman–Crippen LogP) is 3.35. The van der Waals surface area contributed by atoms with Crippen LogP contribution in [0.5, 0.6) is 11.5 Å². The topological polar surface area (TPSA) is 244 Å². The van der Waals surface area contributed by atoms with Gasteiger partial charge in [0, 0.05) is 22.2 Å². The van der Waals surface area contributed by atoms with E-state index in [4.69, 9.17) is 0 Å². The maximum absolute atomic E-state index is 13.2. The lowest BCUT2D eigenvalue weighted by molar-refractivity contribution is -0.130. The third kappa shape index (κ3) is 8.05. The standard InChI is InChI=1S/C27H21Br2N5O10S2/c28-19-10-16(24(35)22(29)25(19)36)13-31-34-27(38)23(32-20-7-3-5-14-4-1-2-6-18(14)20)26(37)33-30-12-15-8-9-17(45(39,40)41)11-21(15)46(42,43)44/h1-13,23,32,35-36H,(H,33,37)(H,34,38)(H,39,40,41)(H,42,43,44)/b30-12+,31-13+. The summed E-state index contributed by atoms with van der Waals surface area (Å²) in [5.41, 5.74) is 4.34. The van der Waals surface area contributed by atoms with E-state index in [-0.39, 0.29) is 31.6 Å². The van der Waals surface area contributed by atoms with Crippen LogP contribution in [0.1, 0.15) is 11.1 Å². The molecule has 19 heteroatoms. The van der Waals surface area contributed by atoms with Crippen LogP contribution < -0.4 is 16.2 Å². The predicted molar refractivity (Wildman–Crippen MR) is 174 cm³/mol. The molecule has 0 saturated carbocycles. The minimum absolute atomic E-state index is 0.0350. The molecule has 0 spiro atoms. The van der Waals surface area contributed by atoms with E-state index >= 15 is 0 Å². The van der Waals surface area contributed by atoms with Crippen molar-refractivity contribution in [2.24, 2.45) is 10.2 Å². The second-order valence-electron chi connectivity index (χ2n) is 9.18. The van der Waals surface area contributed by atoms with Crippen LogP contribution in [0.25, 0.3) is 10.8 Å². The summed E-state index contributed by atoms with van der Waals surface area (Å²) in [6.45, 7) is 0. The lowest BCUT2D eigenvalue weighted by atomic mass is 10.1. The summed E-state index contributed by atoms with van der Waals surface area (Å²) in [7, 11) is -9.83. The monoisotopic (exact) mass is 797 g/mol. The number of nitrogens with zero attached hydrogens (tertiary/aromatic N) is 2. The summed E-state index contributed by atoms with van der Waals surface area (Å²) in [5.74, 6) is -2.71. The molecular formula is C27H21Br2N5O10S2. The van der Waals surface area contributed by atoms with Gasteiger partial charge in [0.15, 0.2) is 6.04 Å². The summed E-state index contributed by atoms with van der Waals surface area (Å²) in [5, 5.41) is 31.9. The number of rotatable bonds is 10. The number of phenols is 2. The Bertz CT molecular complexity index is 2140. The van der Waals surface area contributed by atoms with Crippen LogP contribution in [0.2, 0.25) is 0 Å². The van der Waals surface area contributed by atoms with Gasteiger partial charge in [0.1, 0.15) is 20.9 Å². The number of amides is 2. The fourth-order valence-electron chi connectivity index (χ4n) is 3.94. The zero-order valence-electron chi connectivity index (χ0n) is 22.8. The van der Waals surface area contributed by atoms with Gasteiger partial charge in [-0.15, -0.1) is 0 Å². The van der Waals surface area contributed by atoms with Crippen molar-refractivity contribution < 1.29 is 45.7 Å². The Morgan fingerprint density at radius 2 is 1.37 bits per heavy atom. The number of carbonyl (C=O) groups is 2. The Hall–Kier alpha value is -4.40. The molecular weight excluding hydrogens is 778 g/mol. The van der Waals surface area contributed by atoms with Crippen LogP contribution in [0.4, 0.5) is 5.69 Å². The molecule has 1 atom stereocenters. The van der Waals surface area contributed by atoms with Crippen molar-refractivity contribution in [3.05, 3.63) is 86.8 Å². The molecule has 0 radical (unpaired) electrons. The Labute approximate surface area is 277 Å². The second-order valence-corrected chi connectivity index (χ2v) is 13.6. The molecule has 0 aliphatic rings. The van der Waals surface area contributed by atoms with Crippen LogP contribution in [-0.4, -0.2) is 66.4 Å². The number of anilines is 1. The fourth-order valence-corrected chi connectivity index (χ4v) is 6.37. The molecule has 1 unspecified atom stereocenters. The first kappa shape index (κ1) is 34.5. The average Bonchev–Trinajstić information content (AvgIpc) is 3.00. The van der Waals surface area contributed by atoms with Gasteiger partial charge in [-0.05, 0) is 61.5 Å². The van der Waals surface area contributed by atoms with Crippen molar-refractivity contribution in [2.45, 2.75) is 15.8 Å². The van der Waals surface area contributed by atoms with E-state index in [1.807, 2.05) is 12.1 Å². The highest BCUT2D eigenvalue weighted by molar-refractivity contribution is 9.11. The van der Waals surface area contributed by atoms with Crippen LogP contribution in [0, 0.1) is 0 Å². The molecule has 0 aliphatic carbocycles. The molecule has 2 amide bonds. The second kappa shape index (κ2) is 13.9. The first-order valence-electron chi connectivity index (χ1n) is 12.5. The molecule has 15 nitrogen and oxygen atoms in total. The number of halogens is 2. The Kier molecular flexibility index (Phi) is 10.4. The number of benzene rings is 4. The molecule has 240 valence electrons. The van der Waals surface area contributed by atoms with E-state index in [0.717, 1.165) is 29.9 Å². The normalized spacial score (nSPS) is 12.8. The van der Waals surface area contributed by atoms with Gasteiger partial charge in [0.05, 0.1) is 21.8 Å². The maximum Gasteiger partial charge on any atom is 0.295 e. The number of aromatic hydroxyl groups is 2. The molecule has 0 saturated heterocycles. The van der Waals surface area contributed by atoms with E-state index < -0.39 is 47.9 Å². The number of hydrogen-bond acceptors (Lipinski definition) is 11. The minimum atomic E-state index is -5.01. The van der Waals surface area contributed by atoms with E-state index in [0.29, 0.717) is 17.1 Å². The quantitative estimate of drug-likeness (QED) is 0.0531. The lowest BCUT2D eigenvalue weighted by Gasteiger charge is -2.18. The summed E-state index contributed by atoms with van der Waals surface area (Å²) in [6.07, 6.45) is 1.82. The van der Waals surface area contributed by atoms with E-state index in [2.05, 4.69) is 58.2 Å². The van der Waals surface area contributed by atoms with Gasteiger partial charge in [-0.2, -0.15) is 27.0 Å². The third-order valence-electron chi connectivity index (χ3n) is 6.13. The molecule has 4 aromatic carbocycles. The van der Waals surface area contributed by atoms with Gasteiger partial charge in [0.2, 0.25) is 0 Å².